The van der Waals surface area contributed by atoms with E-state index in [9.17, 15) is 19.5 Å². The molecule has 0 aromatic carbocycles. The third-order valence-electron chi connectivity index (χ3n) is 16.6. The number of quaternary nitrogens is 1. The lowest BCUT2D eigenvalue weighted by atomic mass is 10.0. The monoisotopic (exact) mass is 1320 g/mol. The molecule has 0 radical (unpaired) electrons. The normalized spacial score (nSPS) is 13.5. The highest BCUT2D eigenvalue weighted by molar-refractivity contribution is 5.70. The SMILES string of the molecule is CC/C=C\C/C=C\C/C=C\C/C=C\C/C=C\C/C=C\C/C=C\C/C=C\C/C=C\C/C=C\CCCCCCCCC(=O)OC(COC(=O)CCCCCCCCCCCCCCCCCCCCCCC/C=C\C/C=C\CCCCCCC)COC(OCC[N+](C)(C)C)C(=O)[O-]. The smallest absolute Gasteiger partial charge is 0.306 e. The van der Waals surface area contributed by atoms with Gasteiger partial charge in [0.15, 0.2) is 12.4 Å². The number of carboxylic acids is 1. The molecule has 0 aliphatic rings. The third-order valence-corrected chi connectivity index (χ3v) is 16.6. The van der Waals surface area contributed by atoms with Crippen LogP contribution >= 0.6 is 0 Å². The third kappa shape index (κ3) is 76.4. The maximum Gasteiger partial charge on any atom is 0.306 e. The van der Waals surface area contributed by atoms with E-state index in [2.05, 4.69) is 160 Å². The largest absolute Gasteiger partial charge is 0.545 e. The zero-order valence-electron chi connectivity index (χ0n) is 62.0. The first-order chi connectivity index (χ1) is 46.6. The lowest BCUT2D eigenvalue weighted by Gasteiger charge is -2.26. The van der Waals surface area contributed by atoms with Crippen LogP contribution in [0.5, 0.6) is 0 Å². The van der Waals surface area contributed by atoms with Gasteiger partial charge in [-0.05, 0) is 122 Å². The summed E-state index contributed by atoms with van der Waals surface area (Å²) in [4.78, 5) is 37.6. The second-order valence-corrected chi connectivity index (χ2v) is 26.9. The maximum absolute atomic E-state index is 13.0. The molecular formula is C86H145NO8. The van der Waals surface area contributed by atoms with Crippen LogP contribution in [0.1, 0.15) is 322 Å². The van der Waals surface area contributed by atoms with Gasteiger partial charge >= 0.3 is 11.9 Å². The number of esters is 2. The van der Waals surface area contributed by atoms with Gasteiger partial charge in [0.25, 0.3) is 0 Å². The summed E-state index contributed by atoms with van der Waals surface area (Å²) < 4.78 is 22.8. The molecular weight excluding hydrogens is 1170 g/mol. The standard InChI is InChI=1S/C86H145NO8/c1-6-8-10-12-14-16-18-20-22-24-26-28-30-32-34-36-38-40-41-42-43-45-47-49-51-53-55-57-59-61-63-65-67-69-71-73-75-77-84(89)95-82(81-94-86(85(90)91)92-79-78-87(3,4)5)80-93-83(88)76-74-72-70-68-66-64-62-60-58-56-54-52-50-48-46-44-39-37-35-33-31-29-27-25-23-21-19-17-15-13-11-9-7-2/h8,10,14,16,19-22,25-28,32,34,38,40,42-43,47,49,53,55,59,61,82,86H,6-7,9,11-13,15,17-18,23-24,29-31,33,35-37,39,41,44-46,48,50-52,54,56-58,60,62-81H2,1-5H3/b10-8-,16-14-,21-19-,22-20-,27-25-,28-26-,34-32-,40-38-,43-42-,49-47-,55-53-,61-59-. The van der Waals surface area contributed by atoms with E-state index < -0.39 is 24.3 Å². The molecule has 0 fully saturated rings. The molecule has 9 heteroatoms. The van der Waals surface area contributed by atoms with Crippen LogP contribution in [-0.4, -0.2) is 82.3 Å². The van der Waals surface area contributed by atoms with Crippen LogP contribution in [0.2, 0.25) is 0 Å². The summed E-state index contributed by atoms with van der Waals surface area (Å²) in [5, 5.41) is 11.9. The minimum atomic E-state index is -1.63. The Morgan fingerprint density at radius 3 is 0.895 bits per heavy atom. The average Bonchev–Trinajstić information content (AvgIpc) is 3.75. The minimum absolute atomic E-state index is 0.139. The van der Waals surface area contributed by atoms with Crippen molar-refractivity contribution in [1.29, 1.82) is 0 Å². The maximum atomic E-state index is 13.0. The zero-order valence-corrected chi connectivity index (χ0v) is 62.0. The molecule has 0 heterocycles. The Morgan fingerprint density at radius 1 is 0.326 bits per heavy atom. The number of hydrogen-bond donors (Lipinski definition) is 0. The number of ether oxygens (including phenoxy) is 4. The summed E-state index contributed by atoms with van der Waals surface area (Å²) in [5.41, 5.74) is 0. The van der Waals surface area contributed by atoms with E-state index in [1.165, 1.54) is 161 Å². The molecule has 9 nitrogen and oxygen atoms in total. The Hall–Kier alpha value is -4.83. The number of hydrogen-bond acceptors (Lipinski definition) is 8. The van der Waals surface area contributed by atoms with E-state index in [0.717, 1.165) is 128 Å². The molecule has 0 saturated carbocycles. The highest BCUT2D eigenvalue weighted by atomic mass is 16.7. The quantitative estimate of drug-likeness (QED) is 0.0195. The van der Waals surface area contributed by atoms with Gasteiger partial charge in [-0.1, -0.05) is 333 Å². The van der Waals surface area contributed by atoms with Gasteiger partial charge in [-0.15, -0.1) is 0 Å². The number of carboxylic acid groups (broad SMARTS) is 1. The van der Waals surface area contributed by atoms with Gasteiger partial charge < -0.3 is 33.3 Å². The number of likely N-dealkylation sites (N-methyl/N-ethyl adjacent to an activating group) is 1. The molecule has 0 saturated heterocycles. The van der Waals surface area contributed by atoms with Crippen molar-refractivity contribution in [2.75, 3.05) is 47.5 Å². The topological polar surface area (TPSA) is 111 Å². The zero-order chi connectivity index (χ0) is 69.0. The van der Waals surface area contributed by atoms with Crippen LogP contribution in [0.3, 0.4) is 0 Å². The van der Waals surface area contributed by atoms with E-state index in [1.807, 2.05) is 21.1 Å². The molecule has 0 aliphatic heterocycles. The summed E-state index contributed by atoms with van der Waals surface area (Å²) in [6.45, 7) is 4.62. The lowest BCUT2D eigenvalue weighted by molar-refractivity contribution is -0.870. The molecule has 0 spiro atoms. The number of aliphatic carboxylic acids is 1. The molecule has 2 atom stereocenters. The summed E-state index contributed by atoms with van der Waals surface area (Å²) in [7, 11) is 5.93. The Bertz CT molecular complexity index is 2080. The van der Waals surface area contributed by atoms with Crippen LogP contribution in [0.25, 0.3) is 0 Å². The van der Waals surface area contributed by atoms with E-state index in [4.69, 9.17) is 18.9 Å². The Kier molecular flexibility index (Phi) is 71.1. The van der Waals surface area contributed by atoms with E-state index in [-0.39, 0.29) is 38.6 Å². The number of rotatable bonds is 71. The fourth-order valence-corrected chi connectivity index (χ4v) is 10.7. The number of unbranched alkanes of at least 4 members (excludes halogenated alkanes) is 32. The van der Waals surface area contributed by atoms with Gasteiger partial charge in [0.1, 0.15) is 13.2 Å². The molecule has 0 aliphatic carbocycles. The molecule has 95 heavy (non-hydrogen) atoms. The Labute approximate surface area is 585 Å². The van der Waals surface area contributed by atoms with Crippen LogP contribution in [-0.2, 0) is 33.3 Å². The van der Waals surface area contributed by atoms with Crippen molar-refractivity contribution in [2.45, 2.75) is 334 Å². The molecule has 0 aromatic rings. The summed E-state index contributed by atoms with van der Waals surface area (Å²) in [5.74, 6) is -2.30. The van der Waals surface area contributed by atoms with Crippen molar-refractivity contribution in [3.05, 3.63) is 146 Å². The van der Waals surface area contributed by atoms with Crippen molar-refractivity contribution in [1.82, 2.24) is 0 Å². The number of carbonyl (C=O) groups excluding carboxylic acids is 3. The van der Waals surface area contributed by atoms with E-state index in [0.29, 0.717) is 17.4 Å². The molecule has 0 N–H and O–H groups in total. The van der Waals surface area contributed by atoms with Crippen molar-refractivity contribution in [2.24, 2.45) is 0 Å². The molecule has 0 rings (SSSR count). The van der Waals surface area contributed by atoms with Gasteiger partial charge in [-0.2, -0.15) is 0 Å². The predicted octanol–water partition coefficient (Wildman–Crippen LogP) is 23.7. The predicted molar refractivity (Wildman–Crippen MR) is 407 cm³/mol. The van der Waals surface area contributed by atoms with Gasteiger partial charge in [0.05, 0.1) is 40.3 Å². The second-order valence-electron chi connectivity index (χ2n) is 26.9. The summed E-state index contributed by atoms with van der Waals surface area (Å²) >= 11 is 0. The molecule has 0 aromatic heterocycles. The van der Waals surface area contributed by atoms with Crippen molar-refractivity contribution >= 4 is 17.9 Å². The number of carbonyl (C=O) groups is 3. The summed E-state index contributed by atoms with van der Waals surface area (Å²) in [6.07, 6.45) is 107. The van der Waals surface area contributed by atoms with Gasteiger partial charge in [-0.3, -0.25) is 9.59 Å². The van der Waals surface area contributed by atoms with Crippen LogP contribution in [0, 0.1) is 0 Å². The first-order valence-corrected chi connectivity index (χ1v) is 39.0. The number of allylic oxidation sites excluding steroid dienone is 24. The molecule has 542 valence electrons. The van der Waals surface area contributed by atoms with Gasteiger partial charge in [0, 0.05) is 12.8 Å². The van der Waals surface area contributed by atoms with Crippen LogP contribution in [0.15, 0.2) is 146 Å². The fraction of sp³-hybridized carbons (Fsp3) is 0.686. The average molecular weight is 1320 g/mol. The van der Waals surface area contributed by atoms with Crippen molar-refractivity contribution in [3.63, 3.8) is 0 Å². The molecule has 0 bridgehead atoms. The van der Waals surface area contributed by atoms with Crippen molar-refractivity contribution < 1.29 is 42.9 Å². The van der Waals surface area contributed by atoms with E-state index in [1.54, 1.807) is 0 Å². The highest BCUT2D eigenvalue weighted by Crippen LogP contribution is 2.18. The first kappa shape index (κ1) is 90.2. The van der Waals surface area contributed by atoms with Gasteiger partial charge in [-0.25, -0.2) is 0 Å². The number of nitrogens with zero attached hydrogens (tertiary/aromatic N) is 1. The first-order valence-electron chi connectivity index (χ1n) is 39.0. The van der Waals surface area contributed by atoms with E-state index >= 15 is 0 Å². The van der Waals surface area contributed by atoms with Crippen LogP contribution in [0.4, 0.5) is 0 Å². The Morgan fingerprint density at radius 2 is 0.600 bits per heavy atom. The van der Waals surface area contributed by atoms with Crippen LogP contribution < -0.4 is 5.11 Å². The highest BCUT2D eigenvalue weighted by Gasteiger charge is 2.22. The molecule has 0 amide bonds. The molecule has 2 unspecified atom stereocenters. The van der Waals surface area contributed by atoms with Gasteiger partial charge in [0.2, 0.25) is 0 Å². The lowest BCUT2D eigenvalue weighted by Crippen LogP contribution is -2.44. The second kappa shape index (κ2) is 75.0. The summed E-state index contributed by atoms with van der Waals surface area (Å²) in [6, 6.07) is 0. The fourth-order valence-electron chi connectivity index (χ4n) is 10.7. The van der Waals surface area contributed by atoms with Crippen molar-refractivity contribution in [3.8, 4) is 0 Å². The Balaban J connectivity index is 4.13. The minimum Gasteiger partial charge on any atom is -0.545 e.